The van der Waals surface area contributed by atoms with Gasteiger partial charge in [-0.3, -0.25) is 14.9 Å². The lowest BCUT2D eigenvalue weighted by Gasteiger charge is -2.35. The van der Waals surface area contributed by atoms with E-state index < -0.39 is 0 Å². The number of hydrogen-bond donors (Lipinski definition) is 2. The minimum Gasteiger partial charge on any atom is -0.311 e. The molecule has 2 aromatic carbocycles. The van der Waals surface area contributed by atoms with Gasteiger partial charge in [-0.2, -0.15) is 5.10 Å². The van der Waals surface area contributed by atoms with E-state index in [1.54, 1.807) is 6.20 Å². The molecule has 0 radical (unpaired) electrons. The number of benzene rings is 2. The number of nitrogens with zero attached hydrogens (tertiary/aromatic N) is 2. The van der Waals surface area contributed by atoms with Gasteiger partial charge in [-0.1, -0.05) is 35.9 Å². The van der Waals surface area contributed by atoms with Gasteiger partial charge in [0.1, 0.15) is 5.82 Å². The second-order valence-corrected chi connectivity index (χ2v) is 8.31. The molecule has 4 aromatic rings. The molecule has 1 fully saturated rings. The zero-order valence-corrected chi connectivity index (χ0v) is 17.1. The van der Waals surface area contributed by atoms with Crippen molar-refractivity contribution in [3.8, 4) is 0 Å². The number of fused-ring (bicyclic) bond motifs is 1. The number of hydrogen-bond acceptors (Lipinski definition) is 3. The second-order valence-electron chi connectivity index (χ2n) is 7.87. The van der Waals surface area contributed by atoms with Gasteiger partial charge < -0.3 is 5.32 Å². The van der Waals surface area contributed by atoms with Crippen LogP contribution in [-0.4, -0.2) is 21.1 Å². The molecule has 2 aromatic heterocycles. The fourth-order valence-corrected chi connectivity index (χ4v) is 4.31. The first kappa shape index (κ1) is 18.8. The smallest absolute Gasteiger partial charge is 0.229 e. The number of H-pyrrole nitrogens is 1. The van der Waals surface area contributed by atoms with Crippen LogP contribution in [0, 0.1) is 0 Å². The normalized spacial score (nSPS) is 18.2. The number of carbonyl (C=O) groups is 1. The van der Waals surface area contributed by atoms with Crippen molar-refractivity contribution >= 4 is 34.2 Å². The Kier molecular flexibility index (Phi) is 4.97. The van der Waals surface area contributed by atoms with E-state index in [1.807, 2.05) is 48.7 Å². The molecule has 1 aliphatic carbocycles. The van der Waals surface area contributed by atoms with Crippen LogP contribution < -0.4 is 5.32 Å². The predicted molar refractivity (Wildman–Crippen MR) is 119 cm³/mol. The van der Waals surface area contributed by atoms with Crippen LogP contribution in [-0.2, 0) is 11.2 Å². The van der Waals surface area contributed by atoms with Gasteiger partial charge in [-0.15, -0.1) is 0 Å². The van der Waals surface area contributed by atoms with Crippen LogP contribution in [0.1, 0.15) is 41.4 Å². The molecule has 150 valence electrons. The average molecular weight is 417 g/mol. The standard InChI is InChI=1S/C24H21ClN4O/c25-20-6-4-16(5-7-20)18-12-19(13-18)21-14-27-29-24(21)28-23(30)11-15-3-8-22-17(10-15)2-1-9-26-22/h1-10,14,18-19H,11-13H2,(H2,27,28,29,30). The first-order valence-corrected chi connectivity index (χ1v) is 10.5. The van der Waals surface area contributed by atoms with Crippen molar-refractivity contribution < 1.29 is 4.79 Å². The largest absolute Gasteiger partial charge is 0.311 e. The third-order valence-electron chi connectivity index (χ3n) is 5.88. The van der Waals surface area contributed by atoms with Crippen molar-refractivity contribution in [3.63, 3.8) is 0 Å². The van der Waals surface area contributed by atoms with Crippen molar-refractivity contribution in [1.82, 2.24) is 15.2 Å². The monoisotopic (exact) mass is 416 g/mol. The van der Waals surface area contributed by atoms with Gasteiger partial charge in [0, 0.05) is 22.2 Å². The Balaban J connectivity index is 1.23. The molecule has 30 heavy (non-hydrogen) atoms. The van der Waals surface area contributed by atoms with Crippen LogP contribution in [0.25, 0.3) is 10.9 Å². The summed E-state index contributed by atoms with van der Waals surface area (Å²) in [6, 6.07) is 17.9. The molecule has 6 heteroatoms. The molecular weight excluding hydrogens is 396 g/mol. The van der Waals surface area contributed by atoms with Crippen LogP contribution in [0.4, 0.5) is 5.82 Å². The number of aromatic nitrogens is 3. The molecule has 1 saturated carbocycles. The Bertz CT molecular complexity index is 1200. The zero-order valence-electron chi connectivity index (χ0n) is 16.3. The highest BCUT2D eigenvalue weighted by molar-refractivity contribution is 6.30. The molecule has 2 heterocycles. The molecule has 2 N–H and O–H groups in total. The highest BCUT2D eigenvalue weighted by Crippen LogP contribution is 2.49. The third kappa shape index (κ3) is 3.81. The highest BCUT2D eigenvalue weighted by Gasteiger charge is 2.33. The van der Waals surface area contributed by atoms with Gasteiger partial charge >= 0.3 is 0 Å². The van der Waals surface area contributed by atoms with E-state index in [-0.39, 0.29) is 5.91 Å². The fourth-order valence-electron chi connectivity index (χ4n) is 4.19. The van der Waals surface area contributed by atoms with Gasteiger partial charge in [-0.05, 0) is 66.1 Å². The molecule has 0 bridgehead atoms. The van der Waals surface area contributed by atoms with E-state index in [0.717, 1.165) is 39.9 Å². The highest BCUT2D eigenvalue weighted by atomic mass is 35.5. The Hall–Kier alpha value is -3.18. The molecule has 0 spiro atoms. The van der Waals surface area contributed by atoms with Crippen molar-refractivity contribution in [1.29, 1.82) is 0 Å². The van der Waals surface area contributed by atoms with Gasteiger partial charge in [-0.25, -0.2) is 0 Å². The topological polar surface area (TPSA) is 70.7 Å². The summed E-state index contributed by atoms with van der Waals surface area (Å²) >= 11 is 5.99. The molecule has 0 aliphatic heterocycles. The third-order valence-corrected chi connectivity index (χ3v) is 6.14. The van der Waals surface area contributed by atoms with Crippen LogP contribution in [0.3, 0.4) is 0 Å². The number of halogens is 1. The lowest BCUT2D eigenvalue weighted by molar-refractivity contribution is -0.115. The molecule has 5 nitrogen and oxygen atoms in total. The summed E-state index contributed by atoms with van der Waals surface area (Å²) in [5, 5.41) is 11.9. The molecule has 0 unspecified atom stereocenters. The summed E-state index contributed by atoms with van der Waals surface area (Å²) < 4.78 is 0. The summed E-state index contributed by atoms with van der Waals surface area (Å²) in [4.78, 5) is 16.9. The van der Waals surface area contributed by atoms with Gasteiger partial charge in [0.2, 0.25) is 5.91 Å². The molecule has 0 atom stereocenters. The Morgan fingerprint density at radius 1 is 1.10 bits per heavy atom. The predicted octanol–water partition coefficient (Wildman–Crippen LogP) is 5.45. The van der Waals surface area contributed by atoms with E-state index in [4.69, 9.17) is 11.6 Å². The number of anilines is 1. The zero-order chi connectivity index (χ0) is 20.5. The number of nitrogens with one attached hydrogen (secondary N) is 2. The van der Waals surface area contributed by atoms with Crippen LogP contribution >= 0.6 is 11.6 Å². The molecular formula is C24H21ClN4O. The molecule has 0 saturated heterocycles. The summed E-state index contributed by atoms with van der Waals surface area (Å²) in [7, 11) is 0. The van der Waals surface area contributed by atoms with Gasteiger partial charge in [0.05, 0.1) is 18.1 Å². The number of aromatic amines is 1. The number of amides is 1. The van der Waals surface area contributed by atoms with E-state index in [1.165, 1.54) is 5.56 Å². The first-order chi connectivity index (χ1) is 14.7. The average Bonchev–Trinajstić information content (AvgIpc) is 3.15. The molecule has 5 rings (SSSR count). The minimum absolute atomic E-state index is 0.0580. The maximum absolute atomic E-state index is 12.6. The molecule has 1 amide bonds. The Morgan fingerprint density at radius 3 is 2.77 bits per heavy atom. The lowest BCUT2D eigenvalue weighted by atomic mass is 9.69. The van der Waals surface area contributed by atoms with E-state index >= 15 is 0 Å². The van der Waals surface area contributed by atoms with Gasteiger partial charge in [0.25, 0.3) is 0 Å². The summed E-state index contributed by atoms with van der Waals surface area (Å²) in [5.74, 6) is 1.57. The van der Waals surface area contributed by atoms with E-state index in [9.17, 15) is 4.79 Å². The van der Waals surface area contributed by atoms with Crippen LogP contribution in [0.5, 0.6) is 0 Å². The molecule has 1 aliphatic rings. The Morgan fingerprint density at radius 2 is 1.93 bits per heavy atom. The van der Waals surface area contributed by atoms with Crippen molar-refractivity contribution in [2.24, 2.45) is 0 Å². The summed E-state index contributed by atoms with van der Waals surface area (Å²) in [6.45, 7) is 0. The fraction of sp³-hybridized carbons (Fsp3) is 0.208. The van der Waals surface area contributed by atoms with Crippen LogP contribution in [0.15, 0.2) is 67.0 Å². The first-order valence-electron chi connectivity index (χ1n) is 10.1. The summed E-state index contributed by atoms with van der Waals surface area (Å²) in [5.41, 5.74) is 4.28. The van der Waals surface area contributed by atoms with Crippen molar-refractivity contribution in [3.05, 3.63) is 88.7 Å². The van der Waals surface area contributed by atoms with Gasteiger partial charge in [0.15, 0.2) is 0 Å². The SMILES string of the molecule is O=C(Cc1ccc2ncccc2c1)Nc1[nH]ncc1C1CC(c2ccc(Cl)cc2)C1. The van der Waals surface area contributed by atoms with Crippen molar-refractivity contribution in [2.75, 3.05) is 5.32 Å². The quantitative estimate of drug-likeness (QED) is 0.454. The number of rotatable bonds is 5. The maximum Gasteiger partial charge on any atom is 0.229 e. The van der Waals surface area contributed by atoms with Crippen molar-refractivity contribution in [2.45, 2.75) is 31.1 Å². The second kappa shape index (κ2) is 7.92. The minimum atomic E-state index is -0.0580. The number of carbonyl (C=O) groups excluding carboxylic acids is 1. The lowest BCUT2D eigenvalue weighted by Crippen LogP contribution is -2.22. The van der Waals surface area contributed by atoms with E-state index in [2.05, 4.69) is 32.6 Å². The van der Waals surface area contributed by atoms with Crippen LogP contribution in [0.2, 0.25) is 5.02 Å². The summed E-state index contributed by atoms with van der Waals surface area (Å²) in [6.07, 6.45) is 6.00. The number of pyridine rings is 1. The van der Waals surface area contributed by atoms with E-state index in [0.29, 0.717) is 24.1 Å². The Labute approximate surface area is 179 Å². The maximum atomic E-state index is 12.6.